The summed E-state index contributed by atoms with van der Waals surface area (Å²) in [6, 6.07) is -1.13. The Kier molecular flexibility index (Phi) is 7.99. The average molecular weight is 328 g/mol. The minimum Gasteiger partial charge on any atom is -0.480 e. The summed E-state index contributed by atoms with van der Waals surface area (Å²) < 4.78 is 5.73. The number of nitrogens with zero attached hydrogens (tertiary/aromatic N) is 1. The van der Waals surface area contributed by atoms with Crippen molar-refractivity contribution in [2.45, 2.75) is 78.2 Å². The van der Waals surface area contributed by atoms with E-state index >= 15 is 0 Å². The van der Waals surface area contributed by atoms with E-state index in [2.05, 4.69) is 10.2 Å². The maximum Gasteiger partial charge on any atom is 0.326 e. The highest BCUT2D eigenvalue weighted by Gasteiger charge is 2.35. The number of hydrogen-bond donors (Lipinski definition) is 2. The number of hydrogen-bond acceptors (Lipinski definition) is 4. The molecule has 0 aromatic rings. The second-order valence-corrected chi connectivity index (χ2v) is 6.94. The van der Waals surface area contributed by atoms with E-state index in [1.807, 2.05) is 34.6 Å². The van der Waals surface area contributed by atoms with Crippen molar-refractivity contribution in [3.8, 4) is 0 Å². The van der Waals surface area contributed by atoms with Crippen molar-refractivity contribution < 1.29 is 19.4 Å². The number of carbonyl (C=O) groups is 2. The van der Waals surface area contributed by atoms with Crippen LogP contribution in [0.1, 0.15) is 53.9 Å². The van der Waals surface area contributed by atoms with Crippen LogP contribution in [-0.4, -0.2) is 59.3 Å². The molecule has 0 aromatic carbocycles. The van der Waals surface area contributed by atoms with Gasteiger partial charge in [0.25, 0.3) is 0 Å². The van der Waals surface area contributed by atoms with Crippen molar-refractivity contribution in [2.75, 3.05) is 13.1 Å². The van der Waals surface area contributed by atoms with E-state index < -0.39 is 12.0 Å². The summed E-state index contributed by atoms with van der Waals surface area (Å²) in [4.78, 5) is 26.2. The van der Waals surface area contributed by atoms with E-state index in [0.717, 1.165) is 12.8 Å². The average Bonchev–Trinajstić information content (AvgIpc) is 2.41. The van der Waals surface area contributed by atoms with Gasteiger partial charge in [0.2, 0.25) is 5.91 Å². The number of ether oxygens (including phenoxy) is 1. The number of nitrogens with one attached hydrogen (secondary N) is 1. The van der Waals surface area contributed by atoms with Crippen LogP contribution in [0, 0.1) is 5.92 Å². The number of aliphatic carboxylic acids is 1. The number of amides is 1. The van der Waals surface area contributed by atoms with E-state index in [4.69, 9.17) is 4.74 Å². The van der Waals surface area contributed by atoms with Gasteiger partial charge in [-0.1, -0.05) is 33.6 Å². The minimum atomic E-state index is -0.960. The van der Waals surface area contributed by atoms with Gasteiger partial charge in [0.1, 0.15) is 6.04 Å². The molecule has 0 spiro atoms. The molecule has 0 aliphatic carbocycles. The van der Waals surface area contributed by atoms with Crippen molar-refractivity contribution in [3.63, 3.8) is 0 Å². The first-order chi connectivity index (χ1) is 10.8. The molecule has 6 nitrogen and oxygen atoms in total. The molecule has 1 saturated heterocycles. The summed E-state index contributed by atoms with van der Waals surface area (Å²) in [5.41, 5.74) is 0. The van der Waals surface area contributed by atoms with Crippen LogP contribution >= 0.6 is 0 Å². The molecule has 1 heterocycles. The van der Waals surface area contributed by atoms with Gasteiger partial charge in [0.15, 0.2) is 0 Å². The first-order valence-corrected chi connectivity index (χ1v) is 8.68. The third-order valence-electron chi connectivity index (χ3n) is 4.20. The maximum atomic E-state index is 12.7. The van der Waals surface area contributed by atoms with Crippen LogP contribution in [0.15, 0.2) is 0 Å². The molecule has 0 saturated carbocycles. The van der Waals surface area contributed by atoms with Crippen LogP contribution in [0.5, 0.6) is 0 Å². The van der Waals surface area contributed by atoms with Crippen molar-refractivity contribution in [1.82, 2.24) is 10.2 Å². The fraction of sp³-hybridized carbons (Fsp3) is 0.882. The molecule has 134 valence electrons. The van der Waals surface area contributed by atoms with Gasteiger partial charge in [-0.15, -0.1) is 0 Å². The van der Waals surface area contributed by atoms with Crippen LogP contribution in [0.25, 0.3) is 0 Å². The Morgan fingerprint density at radius 3 is 2.26 bits per heavy atom. The maximum absolute atomic E-state index is 12.7. The number of carboxylic acids is 1. The van der Waals surface area contributed by atoms with Crippen molar-refractivity contribution in [1.29, 1.82) is 0 Å². The molecular weight excluding hydrogens is 296 g/mol. The lowest BCUT2D eigenvalue weighted by molar-refractivity contribution is -0.145. The van der Waals surface area contributed by atoms with E-state index in [-0.39, 0.29) is 30.1 Å². The highest BCUT2D eigenvalue weighted by molar-refractivity contribution is 5.87. The Hall–Kier alpha value is -1.14. The second kappa shape index (κ2) is 9.23. The Labute approximate surface area is 139 Å². The van der Waals surface area contributed by atoms with Crippen LogP contribution in [0.4, 0.5) is 0 Å². The zero-order valence-electron chi connectivity index (χ0n) is 15.0. The molecule has 0 bridgehead atoms. The molecule has 1 fully saturated rings. The van der Waals surface area contributed by atoms with Gasteiger partial charge in [-0.3, -0.25) is 9.69 Å². The van der Waals surface area contributed by atoms with E-state index in [1.165, 1.54) is 0 Å². The first kappa shape index (κ1) is 19.9. The third-order valence-corrected chi connectivity index (χ3v) is 4.20. The molecule has 0 radical (unpaired) electrons. The van der Waals surface area contributed by atoms with Gasteiger partial charge in [0, 0.05) is 13.1 Å². The number of carboxylic acid groups (broad SMARTS) is 1. The van der Waals surface area contributed by atoms with Gasteiger partial charge in [-0.25, -0.2) is 4.79 Å². The van der Waals surface area contributed by atoms with Crippen LogP contribution < -0.4 is 5.32 Å². The SMILES string of the molecule is CCCCC(NC(=O)C(C(C)C)N1CC(C)OC(C)C1)C(=O)O. The molecule has 1 aliphatic heterocycles. The highest BCUT2D eigenvalue weighted by Crippen LogP contribution is 2.19. The minimum absolute atomic E-state index is 0.0724. The van der Waals surface area contributed by atoms with Crippen molar-refractivity contribution >= 4 is 11.9 Å². The number of carbonyl (C=O) groups excluding carboxylic acids is 1. The smallest absolute Gasteiger partial charge is 0.326 e. The summed E-state index contributed by atoms with van der Waals surface area (Å²) in [5.74, 6) is -1.05. The van der Waals surface area contributed by atoms with Gasteiger partial charge < -0.3 is 15.2 Å². The predicted molar refractivity (Wildman–Crippen MR) is 89.3 cm³/mol. The predicted octanol–water partition coefficient (Wildman–Crippen LogP) is 1.88. The zero-order valence-corrected chi connectivity index (χ0v) is 15.0. The van der Waals surface area contributed by atoms with Crippen LogP contribution in [0.2, 0.25) is 0 Å². The molecule has 23 heavy (non-hydrogen) atoms. The second-order valence-electron chi connectivity index (χ2n) is 6.94. The molecule has 1 amide bonds. The zero-order chi connectivity index (χ0) is 17.6. The summed E-state index contributed by atoms with van der Waals surface area (Å²) >= 11 is 0. The Morgan fingerprint density at radius 1 is 1.26 bits per heavy atom. The lowest BCUT2D eigenvalue weighted by Crippen LogP contribution is -2.58. The van der Waals surface area contributed by atoms with E-state index in [1.54, 1.807) is 0 Å². The van der Waals surface area contributed by atoms with Crippen molar-refractivity contribution in [2.24, 2.45) is 5.92 Å². The highest BCUT2D eigenvalue weighted by atomic mass is 16.5. The van der Waals surface area contributed by atoms with Gasteiger partial charge in [-0.2, -0.15) is 0 Å². The Bertz CT molecular complexity index is 390. The summed E-state index contributed by atoms with van der Waals surface area (Å²) in [6.45, 7) is 11.4. The molecular formula is C17H32N2O4. The number of morpholine rings is 1. The molecule has 1 rings (SSSR count). The van der Waals surface area contributed by atoms with Crippen LogP contribution in [-0.2, 0) is 14.3 Å². The van der Waals surface area contributed by atoms with Gasteiger partial charge in [0.05, 0.1) is 18.2 Å². The number of rotatable bonds is 8. The Balaban J connectivity index is 2.79. The molecule has 2 N–H and O–H groups in total. The number of unbranched alkanes of at least 4 members (excludes halogenated alkanes) is 1. The molecule has 6 heteroatoms. The van der Waals surface area contributed by atoms with E-state index in [0.29, 0.717) is 19.5 Å². The van der Waals surface area contributed by atoms with E-state index in [9.17, 15) is 14.7 Å². The normalized spacial score (nSPS) is 25.1. The summed E-state index contributed by atoms with van der Waals surface area (Å²) in [5, 5.41) is 12.1. The lowest BCUT2D eigenvalue weighted by Gasteiger charge is -2.41. The summed E-state index contributed by atoms with van der Waals surface area (Å²) in [6.07, 6.45) is 2.31. The third kappa shape index (κ3) is 6.11. The largest absolute Gasteiger partial charge is 0.480 e. The lowest BCUT2D eigenvalue weighted by atomic mass is 9.98. The molecule has 0 aromatic heterocycles. The summed E-state index contributed by atoms with van der Waals surface area (Å²) in [7, 11) is 0. The quantitative estimate of drug-likeness (QED) is 0.711. The van der Waals surface area contributed by atoms with Gasteiger partial charge >= 0.3 is 5.97 Å². The molecule has 1 aliphatic rings. The fourth-order valence-electron chi connectivity index (χ4n) is 3.26. The molecule has 4 unspecified atom stereocenters. The van der Waals surface area contributed by atoms with Crippen molar-refractivity contribution in [3.05, 3.63) is 0 Å². The monoisotopic (exact) mass is 328 g/mol. The standard InChI is InChI=1S/C17H32N2O4/c1-6-7-8-14(17(21)22)18-16(20)15(11(2)3)19-9-12(4)23-13(5)10-19/h11-15H,6-10H2,1-5H3,(H,18,20)(H,21,22). The van der Waals surface area contributed by atoms with Crippen LogP contribution in [0.3, 0.4) is 0 Å². The first-order valence-electron chi connectivity index (χ1n) is 8.68. The Morgan fingerprint density at radius 2 is 1.83 bits per heavy atom. The fourth-order valence-corrected chi connectivity index (χ4v) is 3.26. The molecule has 4 atom stereocenters. The van der Waals surface area contributed by atoms with Gasteiger partial charge in [-0.05, 0) is 26.2 Å². The topological polar surface area (TPSA) is 78.9 Å².